The van der Waals surface area contributed by atoms with Gasteiger partial charge in [0.25, 0.3) is 0 Å². The molecule has 1 aliphatic heterocycles. The molecular formula is C13H28N2S. The molecule has 0 aromatic rings. The van der Waals surface area contributed by atoms with Crippen LogP contribution in [0.3, 0.4) is 0 Å². The topological polar surface area (TPSA) is 15.3 Å². The van der Waals surface area contributed by atoms with Crippen LogP contribution < -0.4 is 5.32 Å². The van der Waals surface area contributed by atoms with E-state index in [0.717, 1.165) is 6.04 Å². The Kier molecular flexibility index (Phi) is 8.34. The largest absolute Gasteiger partial charge is 0.311 e. The van der Waals surface area contributed by atoms with Crippen molar-refractivity contribution in [3.63, 3.8) is 0 Å². The van der Waals surface area contributed by atoms with Gasteiger partial charge in [-0.2, -0.15) is 11.8 Å². The van der Waals surface area contributed by atoms with Crippen LogP contribution >= 0.6 is 11.8 Å². The maximum Gasteiger partial charge on any atom is 0.0192 e. The van der Waals surface area contributed by atoms with Gasteiger partial charge in [-0.25, -0.2) is 0 Å². The highest BCUT2D eigenvalue weighted by Crippen LogP contribution is 2.07. The van der Waals surface area contributed by atoms with E-state index < -0.39 is 0 Å². The Morgan fingerprint density at radius 3 is 2.81 bits per heavy atom. The molecule has 1 heterocycles. The van der Waals surface area contributed by atoms with Crippen molar-refractivity contribution in [3.05, 3.63) is 0 Å². The third-order valence-corrected chi connectivity index (χ3v) is 4.10. The van der Waals surface area contributed by atoms with E-state index in [4.69, 9.17) is 0 Å². The number of thioether (sulfide) groups is 1. The lowest BCUT2D eigenvalue weighted by Gasteiger charge is -2.33. The summed E-state index contributed by atoms with van der Waals surface area (Å²) >= 11 is 1.97. The summed E-state index contributed by atoms with van der Waals surface area (Å²) in [7, 11) is 0. The van der Waals surface area contributed by atoms with Crippen LogP contribution in [0.2, 0.25) is 0 Å². The molecule has 0 aliphatic carbocycles. The predicted octanol–water partition coefficient (Wildman–Crippen LogP) is 2.59. The molecule has 1 fully saturated rings. The van der Waals surface area contributed by atoms with Crippen LogP contribution in [0.4, 0.5) is 0 Å². The lowest BCUT2D eigenvalue weighted by Crippen LogP contribution is -2.50. The minimum Gasteiger partial charge on any atom is -0.311 e. The molecule has 16 heavy (non-hydrogen) atoms. The molecule has 96 valence electrons. The summed E-state index contributed by atoms with van der Waals surface area (Å²) in [6, 6.07) is 0.741. The van der Waals surface area contributed by atoms with E-state index in [2.05, 4.69) is 23.4 Å². The molecule has 2 nitrogen and oxygen atoms in total. The monoisotopic (exact) mass is 244 g/mol. The lowest BCUT2D eigenvalue weighted by molar-refractivity contribution is 0.194. The summed E-state index contributed by atoms with van der Waals surface area (Å²) in [5.41, 5.74) is 0. The molecule has 0 aromatic heterocycles. The van der Waals surface area contributed by atoms with E-state index in [-0.39, 0.29) is 0 Å². The summed E-state index contributed by atoms with van der Waals surface area (Å²) in [5.74, 6) is 1.34. The molecule has 0 radical (unpaired) electrons. The molecule has 0 bridgehead atoms. The number of piperazine rings is 1. The zero-order chi connectivity index (χ0) is 11.6. The van der Waals surface area contributed by atoms with Gasteiger partial charge in [0.05, 0.1) is 0 Å². The Hall–Kier alpha value is 0.270. The second-order valence-corrected chi connectivity index (χ2v) is 5.75. The van der Waals surface area contributed by atoms with Crippen molar-refractivity contribution < 1.29 is 0 Å². The van der Waals surface area contributed by atoms with Crippen LogP contribution in [0.15, 0.2) is 0 Å². The van der Waals surface area contributed by atoms with Crippen LogP contribution in [0.5, 0.6) is 0 Å². The van der Waals surface area contributed by atoms with E-state index in [1.165, 1.54) is 64.0 Å². The molecular weight excluding hydrogens is 216 g/mol. The zero-order valence-electron chi connectivity index (χ0n) is 11.0. The standard InChI is InChI=1S/C13H28N2S/c1-3-13-12-15(10-8-14-13)9-6-4-5-7-11-16-2/h13-14H,3-12H2,1-2H3. The second kappa shape index (κ2) is 9.32. The Balaban J connectivity index is 1.95. The van der Waals surface area contributed by atoms with E-state index in [1.54, 1.807) is 0 Å². The molecule has 0 saturated carbocycles. The fourth-order valence-corrected chi connectivity index (χ4v) is 2.80. The Morgan fingerprint density at radius 2 is 2.06 bits per heavy atom. The maximum absolute atomic E-state index is 3.57. The zero-order valence-corrected chi connectivity index (χ0v) is 11.8. The van der Waals surface area contributed by atoms with Gasteiger partial charge in [0.1, 0.15) is 0 Å². The number of nitrogens with one attached hydrogen (secondary N) is 1. The van der Waals surface area contributed by atoms with Gasteiger partial charge in [-0.3, -0.25) is 0 Å². The molecule has 0 aromatic carbocycles. The van der Waals surface area contributed by atoms with Gasteiger partial charge in [-0.05, 0) is 37.8 Å². The smallest absolute Gasteiger partial charge is 0.0192 e. The van der Waals surface area contributed by atoms with Gasteiger partial charge in [0.2, 0.25) is 0 Å². The van der Waals surface area contributed by atoms with E-state index in [9.17, 15) is 0 Å². The van der Waals surface area contributed by atoms with Crippen molar-refractivity contribution in [1.29, 1.82) is 0 Å². The van der Waals surface area contributed by atoms with Crippen molar-refractivity contribution in [2.75, 3.05) is 38.2 Å². The first-order valence-corrected chi connectivity index (χ1v) is 8.21. The average molecular weight is 244 g/mol. The molecule has 0 amide bonds. The molecule has 0 spiro atoms. The van der Waals surface area contributed by atoms with Crippen molar-refractivity contribution >= 4 is 11.8 Å². The van der Waals surface area contributed by atoms with Crippen molar-refractivity contribution in [2.45, 2.75) is 45.1 Å². The molecule has 1 atom stereocenters. The van der Waals surface area contributed by atoms with Gasteiger partial charge < -0.3 is 10.2 Å². The van der Waals surface area contributed by atoms with Crippen LogP contribution in [-0.2, 0) is 0 Å². The third kappa shape index (κ3) is 6.12. The minimum absolute atomic E-state index is 0.741. The Morgan fingerprint density at radius 1 is 1.25 bits per heavy atom. The van der Waals surface area contributed by atoms with Crippen LogP contribution in [0, 0.1) is 0 Å². The summed E-state index contributed by atoms with van der Waals surface area (Å²) in [4.78, 5) is 2.64. The van der Waals surface area contributed by atoms with E-state index in [1.807, 2.05) is 11.8 Å². The van der Waals surface area contributed by atoms with Gasteiger partial charge in [0, 0.05) is 25.7 Å². The Bertz CT molecular complexity index is 164. The quantitative estimate of drug-likeness (QED) is 0.661. The summed E-state index contributed by atoms with van der Waals surface area (Å²) in [6.07, 6.45) is 9.10. The fraction of sp³-hybridized carbons (Fsp3) is 1.00. The summed E-state index contributed by atoms with van der Waals surface area (Å²) < 4.78 is 0. The number of hydrogen-bond acceptors (Lipinski definition) is 3. The van der Waals surface area contributed by atoms with Gasteiger partial charge >= 0.3 is 0 Å². The number of nitrogens with zero attached hydrogens (tertiary/aromatic N) is 1. The minimum atomic E-state index is 0.741. The SMILES string of the molecule is CCC1CN(CCCCCCSC)CCN1. The predicted molar refractivity (Wildman–Crippen MR) is 75.4 cm³/mol. The third-order valence-electron chi connectivity index (χ3n) is 3.41. The first-order chi connectivity index (χ1) is 7.86. The van der Waals surface area contributed by atoms with Crippen molar-refractivity contribution in [3.8, 4) is 0 Å². The highest BCUT2D eigenvalue weighted by atomic mass is 32.2. The van der Waals surface area contributed by atoms with E-state index in [0.29, 0.717) is 0 Å². The van der Waals surface area contributed by atoms with Crippen molar-refractivity contribution in [1.82, 2.24) is 10.2 Å². The molecule has 1 rings (SSSR count). The average Bonchev–Trinajstić information content (AvgIpc) is 2.34. The first-order valence-electron chi connectivity index (χ1n) is 6.81. The lowest BCUT2D eigenvalue weighted by atomic mass is 10.1. The second-order valence-electron chi connectivity index (χ2n) is 4.77. The molecule has 1 unspecified atom stereocenters. The highest BCUT2D eigenvalue weighted by Gasteiger charge is 2.16. The van der Waals surface area contributed by atoms with Crippen molar-refractivity contribution in [2.24, 2.45) is 0 Å². The highest BCUT2D eigenvalue weighted by molar-refractivity contribution is 7.98. The van der Waals surface area contributed by atoms with Crippen LogP contribution in [0.1, 0.15) is 39.0 Å². The Labute approximate surface area is 106 Å². The van der Waals surface area contributed by atoms with Crippen LogP contribution in [-0.4, -0.2) is 49.1 Å². The number of rotatable bonds is 8. The number of hydrogen-bond donors (Lipinski definition) is 1. The normalized spacial score (nSPS) is 22.5. The molecule has 3 heteroatoms. The van der Waals surface area contributed by atoms with Crippen LogP contribution in [0.25, 0.3) is 0 Å². The van der Waals surface area contributed by atoms with Gasteiger partial charge in [0.15, 0.2) is 0 Å². The van der Waals surface area contributed by atoms with Gasteiger partial charge in [-0.15, -0.1) is 0 Å². The van der Waals surface area contributed by atoms with E-state index >= 15 is 0 Å². The summed E-state index contributed by atoms with van der Waals surface area (Å²) in [6.45, 7) is 7.30. The molecule has 1 saturated heterocycles. The van der Waals surface area contributed by atoms with Gasteiger partial charge in [-0.1, -0.05) is 19.8 Å². The maximum atomic E-state index is 3.57. The molecule has 1 aliphatic rings. The number of unbranched alkanes of at least 4 members (excludes halogenated alkanes) is 3. The molecule has 1 N–H and O–H groups in total. The summed E-state index contributed by atoms with van der Waals surface area (Å²) in [5, 5.41) is 3.57. The fourth-order valence-electron chi connectivity index (χ4n) is 2.31. The first kappa shape index (κ1) is 14.3.